The number of aromatic nitrogens is 3. The van der Waals surface area contributed by atoms with Crippen LogP contribution in [0.1, 0.15) is 75.9 Å². The quantitative estimate of drug-likeness (QED) is 0.260. The highest BCUT2D eigenvalue weighted by Crippen LogP contribution is 2.32. The number of benzene rings is 1. The van der Waals surface area contributed by atoms with E-state index in [9.17, 15) is 0 Å². The lowest BCUT2D eigenvalue weighted by atomic mass is 9.82. The number of pyridine rings is 1. The molecular formula is C31H41F2N7. The summed E-state index contributed by atoms with van der Waals surface area (Å²) >= 11 is 0. The average molecular weight is 550 g/mol. The molecule has 4 rings (SSSR count). The van der Waals surface area contributed by atoms with Crippen molar-refractivity contribution in [2.75, 3.05) is 31.6 Å². The number of aryl methyl sites for hydroxylation is 1. The highest BCUT2D eigenvalue weighted by molar-refractivity contribution is 6.12. The molecular weight excluding hydrogens is 508 g/mol. The first-order chi connectivity index (χ1) is 19.2. The molecule has 7 nitrogen and oxygen atoms in total. The van der Waals surface area contributed by atoms with Crippen molar-refractivity contribution >= 4 is 29.3 Å². The molecule has 3 aromatic rings. The highest BCUT2D eigenvalue weighted by atomic mass is 19.1. The van der Waals surface area contributed by atoms with Crippen LogP contribution in [-0.4, -0.2) is 58.2 Å². The number of nitrogens with one attached hydrogen (secondary N) is 1. The summed E-state index contributed by atoms with van der Waals surface area (Å²) in [5.41, 5.74) is 2.34. The summed E-state index contributed by atoms with van der Waals surface area (Å²) in [6.07, 6.45) is 6.51. The van der Waals surface area contributed by atoms with Gasteiger partial charge in [0.05, 0.1) is 11.7 Å². The lowest BCUT2D eigenvalue weighted by Crippen LogP contribution is -2.35. The Morgan fingerprint density at radius 3 is 2.60 bits per heavy atom. The van der Waals surface area contributed by atoms with Crippen molar-refractivity contribution in [1.29, 1.82) is 0 Å². The normalized spacial score (nSPS) is 16.6. The monoisotopic (exact) mass is 549 g/mol. The Balaban J connectivity index is 1.49. The van der Waals surface area contributed by atoms with Gasteiger partial charge in [-0.25, -0.2) is 18.7 Å². The molecule has 1 unspecified atom stereocenters. The Hall–Kier alpha value is -3.46. The first-order valence-electron chi connectivity index (χ1n) is 14.2. The zero-order valence-corrected chi connectivity index (χ0v) is 24.3. The lowest BCUT2D eigenvalue weighted by molar-refractivity contribution is 0.171. The first kappa shape index (κ1) is 29.5. The highest BCUT2D eigenvalue weighted by Gasteiger charge is 2.25. The van der Waals surface area contributed by atoms with E-state index >= 15 is 8.78 Å². The summed E-state index contributed by atoms with van der Waals surface area (Å²) in [6, 6.07) is 7.07. The van der Waals surface area contributed by atoms with E-state index in [1.807, 2.05) is 37.6 Å². The molecule has 0 spiro atoms. The molecule has 40 heavy (non-hydrogen) atoms. The van der Waals surface area contributed by atoms with Gasteiger partial charge < -0.3 is 14.8 Å². The molecule has 0 aliphatic carbocycles. The average Bonchev–Trinajstić information content (AvgIpc) is 3.28. The summed E-state index contributed by atoms with van der Waals surface area (Å²) in [4.78, 5) is 19.5. The fraction of sp³-hybridized carbons (Fsp3) is 0.484. The second kappa shape index (κ2) is 13.3. The van der Waals surface area contributed by atoms with Crippen molar-refractivity contribution in [2.24, 2.45) is 15.9 Å². The van der Waals surface area contributed by atoms with Gasteiger partial charge in [-0.3, -0.25) is 9.98 Å². The fourth-order valence-corrected chi connectivity index (χ4v) is 5.75. The van der Waals surface area contributed by atoms with Crippen molar-refractivity contribution in [3.05, 3.63) is 65.3 Å². The third kappa shape index (κ3) is 6.63. The van der Waals surface area contributed by atoms with Crippen molar-refractivity contribution in [2.45, 2.75) is 65.8 Å². The predicted molar refractivity (Wildman–Crippen MR) is 161 cm³/mol. The van der Waals surface area contributed by atoms with Gasteiger partial charge in [-0.1, -0.05) is 19.9 Å². The van der Waals surface area contributed by atoms with Gasteiger partial charge in [0.1, 0.15) is 29.5 Å². The Kier molecular flexibility index (Phi) is 9.79. The van der Waals surface area contributed by atoms with Crippen LogP contribution < -0.4 is 5.32 Å². The summed E-state index contributed by atoms with van der Waals surface area (Å²) in [7, 11) is 0. The molecule has 3 heterocycles. The third-order valence-corrected chi connectivity index (χ3v) is 7.83. The number of piperidine rings is 1. The Morgan fingerprint density at radius 2 is 1.98 bits per heavy atom. The molecule has 0 bridgehead atoms. The number of hydrogen-bond acceptors (Lipinski definition) is 6. The van der Waals surface area contributed by atoms with Crippen molar-refractivity contribution in [1.82, 2.24) is 19.4 Å². The van der Waals surface area contributed by atoms with E-state index in [4.69, 9.17) is 0 Å². The fourth-order valence-electron chi connectivity index (χ4n) is 5.75. The van der Waals surface area contributed by atoms with Gasteiger partial charge in [0.15, 0.2) is 11.6 Å². The topological polar surface area (TPSA) is 70.7 Å². The standard InChI is InChI=1S/C31H41F2N7/c1-7-12-39-13-10-23(11-14-39)21(4)24-8-9-29(35-17-24)36-19-37-30(27(33)18-34-6)25-15-26(32)31-28(16-25)40(20(2)3)22(5)38-31/h8-9,15-18,20-21,23H,6-7,10-14,19H2,1-5H3,(H,35,36)/b27-18+,37-30-. The number of hydrogen-bond donors (Lipinski definition) is 1. The largest absolute Gasteiger partial charge is 0.351 e. The maximum absolute atomic E-state index is 15.1. The number of nitrogens with zero attached hydrogens (tertiary/aromatic N) is 6. The van der Waals surface area contributed by atoms with Crippen LogP contribution in [0.15, 0.2) is 52.5 Å². The number of likely N-dealkylation sites (tertiary alicyclic amines) is 1. The lowest BCUT2D eigenvalue weighted by Gasteiger charge is -2.34. The summed E-state index contributed by atoms with van der Waals surface area (Å²) in [5, 5.41) is 3.14. The smallest absolute Gasteiger partial charge is 0.167 e. The Bertz CT molecular complexity index is 1370. The zero-order chi connectivity index (χ0) is 28.8. The summed E-state index contributed by atoms with van der Waals surface area (Å²) in [6.45, 7) is 17.2. The Morgan fingerprint density at radius 1 is 1.23 bits per heavy atom. The van der Waals surface area contributed by atoms with E-state index in [-0.39, 0.29) is 23.9 Å². The molecule has 0 saturated carbocycles. The van der Waals surface area contributed by atoms with Gasteiger partial charge in [0, 0.05) is 17.8 Å². The van der Waals surface area contributed by atoms with Crippen LogP contribution in [0.3, 0.4) is 0 Å². The zero-order valence-electron chi connectivity index (χ0n) is 24.3. The van der Waals surface area contributed by atoms with E-state index in [0.29, 0.717) is 34.6 Å². The number of aliphatic imine (C=N–C) groups is 2. The van der Waals surface area contributed by atoms with Crippen LogP contribution in [0.4, 0.5) is 14.6 Å². The molecule has 1 fully saturated rings. The van der Waals surface area contributed by atoms with Crippen LogP contribution in [0.2, 0.25) is 0 Å². The minimum absolute atomic E-state index is 0.0190. The predicted octanol–water partition coefficient (Wildman–Crippen LogP) is 7.06. The van der Waals surface area contributed by atoms with Gasteiger partial charge in [-0.2, -0.15) is 0 Å². The summed E-state index contributed by atoms with van der Waals surface area (Å²) < 4.78 is 32.0. The molecule has 214 valence electrons. The minimum atomic E-state index is -0.704. The van der Waals surface area contributed by atoms with E-state index in [1.54, 1.807) is 6.07 Å². The van der Waals surface area contributed by atoms with E-state index in [0.717, 1.165) is 6.20 Å². The van der Waals surface area contributed by atoms with Crippen LogP contribution in [0.25, 0.3) is 11.0 Å². The van der Waals surface area contributed by atoms with E-state index in [2.05, 4.69) is 56.8 Å². The molecule has 0 radical (unpaired) electrons. The number of anilines is 1. The van der Waals surface area contributed by atoms with E-state index in [1.165, 1.54) is 50.5 Å². The molecule has 1 aliphatic heterocycles. The van der Waals surface area contributed by atoms with E-state index < -0.39 is 11.6 Å². The SMILES string of the molecule is C=N/C=C(F)\C(=N/CNc1ccc(C(C)C2CCN(CCC)CC2)cn1)c1cc(F)c2nc(C)n(C(C)C)c2c1. The molecule has 9 heteroatoms. The van der Waals surface area contributed by atoms with Crippen LogP contribution in [0, 0.1) is 18.7 Å². The van der Waals surface area contributed by atoms with Gasteiger partial charge in [0.2, 0.25) is 0 Å². The number of allylic oxidation sites excluding steroid dienone is 1. The van der Waals surface area contributed by atoms with Crippen molar-refractivity contribution in [3.63, 3.8) is 0 Å². The molecule has 0 amide bonds. The van der Waals surface area contributed by atoms with Crippen molar-refractivity contribution < 1.29 is 8.78 Å². The number of fused-ring (bicyclic) bond motifs is 1. The molecule has 1 atom stereocenters. The first-order valence-corrected chi connectivity index (χ1v) is 14.2. The third-order valence-electron chi connectivity index (χ3n) is 7.83. The Labute approximate surface area is 236 Å². The molecule has 1 saturated heterocycles. The van der Waals surface area contributed by atoms with Gasteiger partial charge in [-0.15, -0.1) is 0 Å². The minimum Gasteiger partial charge on any atom is -0.351 e. The maximum atomic E-state index is 15.1. The van der Waals surface area contributed by atoms with Crippen LogP contribution >= 0.6 is 0 Å². The molecule has 1 aliphatic rings. The molecule has 1 aromatic carbocycles. The number of rotatable bonds is 11. The van der Waals surface area contributed by atoms with Crippen LogP contribution in [-0.2, 0) is 0 Å². The number of halogens is 2. The summed E-state index contributed by atoms with van der Waals surface area (Å²) in [5.74, 6) is 1.19. The molecule has 1 N–H and O–H groups in total. The van der Waals surface area contributed by atoms with Crippen molar-refractivity contribution in [3.8, 4) is 0 Å². The van der Waals surface area contributed by atoms with Gasteiger partial charge in [-0.05, 0) is 102 Å². The maximum Gasteiger partial charge on any atom is 0.167 e. The molecule has 2 aromatic heterocycles. The van der Waals surface area contributed by atoms with Gasteiger partial charge >= 0.3 is 0 Å². The second-order valence-electron chi connectivity index (χ2n) is 10.9. The number of imidazole rings is 1. The van der Waals surface area contributed by atoms with Crippen LogP contribution in [0.5, 0.6) is 0 Å². The van der Waals surface area contributed by atoms with Gasteiger partial charge in [0.25, 0.3) is 0 Å². The second-order valence-corrected chi connectivity index (χ2v) is 10.9.